The molecule has 2 aromatic rings. The maximum absolute atomic E-state index is 12.3. The Morgan fingerprint density at radius 2 is 2.11 bits per heavy atom. The molecule has 0 fully saturated rings. The van der Waals surface area contributed by atoms with Crippen LogP contribution in [0.4, 0.5) is 5.69 Å². The van der Waals surface area contributed by atoms with E-state index in [0.29, 0.717) is 30.8 Å². The zero-order chi connectivity index (χ0) is 19.6. The number of fused-ring (bicyclic) bond motifs is 1. The van der Waals surface area contributed by atoms with Crippen molar-refractivity contribution >= 4 is 38.9 Å². The highest BCUT2D eigenvalue weighted by molar-refractivity contribution is 7.92. The standard InChI is InChI=1S/C18H20N2O5S2/c1-12(17(21)19-11-15-4-3-9-26-15)25-18(22)14-5-6-16-13(10-14)7-8-20(16)27(2,23)24/h3-6,9-10,12H,7-8,11H2,1-2H3,(H,19,21). The van der Waals surface area contributed by atoms with Crippen LogP contribution in [0, 0.1) is 0 Å². The predicted octanol–water partition coefficient (Wildman–Crippen LogP) is 1.93. The quantitative estimate of drug-likeness (QED) is 0.738. The third kappa shape index (κ3) is 4.48. The lowest BCUT2D eigenvalue weighted by molar-refractivity contribution is -0.129. The monoisotopic (exact) mass is 408 g/mol. The van der Waals surface area contributed by atoms with Crippen molar-refractivity contribution in [1.82, 2.24) is 5.32 Å². The van der Waals surface area contributed by atoms with Gasteiger partial charge >= 0.3 is 5.97 Å². The molecule has 27 heavy (non-hydrogen) atoms. The van der Waals surface area contributed by atoms with Gasteiger partial charge in [0.1, 0.15) is 0 Å². The summed E-state index contributed by atoms with van der Waals surface area (Å²) in [6.45, 7) is 2.26. The smallest absolute Gasteiger partial charge is 0.338 e. The van der Waals surface area contributed by atoms with E-state index in [1.165, 1.54) is 28.6 Å². The average Bonchev–Trinajstić information content (AvgIpc) is 3.27. The van der Waals surface area contributed by atoms with Crippen LogP contribution in [0.2, 0.25) is 0 Å². The van der Waals surface area contributed by atoms with Gasteiger partial charge in [-0.05, 0) is 48.6 Å². The topological polar surface area (TPSA) is 92.8 Å². The number of anilines is 1. The van der Waals surface area contributed by atoms with Crippen LogP contribution in [0.15, 0.2) is 35.7 Å². The summed E-state index contributed by atoms with van der Waals surface area (Å²) in [6, 6.07) is 8.54. The largest absolute Gasteiger partial charge is 0.449 e. The molecule has 0 spiro atoms. The van der Waals surface area contributed by atoms with Gasteiger partial charge < -0.3 is 10.1 Å². The van der Waals surface area contributed by atoms with E-state index in [9.17, 15) is 18.0 Å². The van der Waals surface area contributed by atoms with E-state index in [2.05, 4.69) is 5.32 Å². The van der Waals surface area contributed by atoms with E-state index in [0.717, 1.165) is 16.7 Å². The second kappa shape index (κ2) is 7.69. The fourth-order valence-electron chi connectivity index (χ4n) is 2.86. The van der Waals surface area contributed by atoms with Crippen molar-refractivity contribution in [2.45, 2.75) is 26.0 Å². The number of hydrogen-bond donors (Lipinski definition) is 1. The zero-order valence-electron chi connectivity index (χ0n) is 15.0. The molecule has 0 radical (unpaired) electrons. The highest BCUT2D eigenvalue weighted by atomic mass is 32.2. The average molecular weight is 409 g/mol. The van der Waals surface area contributed by atoms with Crippen molar-refractivity contribution < 1.29 is 22.7 Å². The maximum atomic E-state index is 12.3. The molecule has 144 valence electrons. The minimum atomic E-state index is -3.34. The molecule has 1 atom stereocenters. The normalized spacial score (nSPS) is 14.5. The number of carbonyl (C=O) groups excluding carboxylic acids is 2. The van der Waals surface area contributed by atoms with Crippen LogP contribution in [-0.4, -0.2) is 39.2 Å². The fourth-order valence-corrected chi connectivity index (χ4v) is 4.46. The van der Waals surface area contributed by atoms with Gasteiger partial charge in [0.25, 0.3) is 5.91 Å². The number of carbonyl (C=O) groups is 2. The van der Waals surface area contributed by atoms with Crippen LogP contribution in [0.1, 0.15) is 27.7 Å². The Labute approximate surface area is 162 Å². The SMILES string of the molecule is CC(OC(=O)c1ccc2c(c1)CCN2S(C)(=O)=O)C(=O)NCc1cccs1. The zero-order valence-corrected chi connectivity index (χ0v) is 16.6. The Morgan fingerprint density at radius 3 is 2.78 bits per heavy atom. The number of benzene rings is 1. The molecule has 3 rings (SSSR count). The number of rotatable bonds is 6. The molecule has 1 aliphatic rings. The van der Waals surface area contributed by atoms with Crippen LogP contribution >= 0.6 is 11.3 Å². The Bertz CT molecular complexity index is 954. The molecule has 0 aliphatic carbocycles. The number of hydrogen-bond acceptors (Lipinski definition) is 6. The first kappa shape index (κ1) is 19.4. The lowest BCUT2D eigenvalue weighted by Gasteiger charge is -2.17. The molecule has 1 aromatic carbocycles. The van der Waals surface area contributed by atoms with Crippen molar-refractivity contribution in [2.75, 3.05) is 17.1 Å². The van der Waals surface area contributed by atoms with E-state index < -0.39 is 22.1 Å². The van der Waals surface area contributed by atoms with E-state index in [-0.39, 0.29) is 5.91 Å². The third-order valence-corrected chi connectivity index (χ3v) is 6.29. The molecule has 7 nitrogen and oxygen atoms in total. The molecule has 1 amide bonds. The summed E-state index contributed by atoms with van der Waals surface area (Å²) in [6.07, 6.45) is 0.749. The molecule has 0 bridgehead atoms. The number of esters is 1. The van der Waals surface area contributed by atoms with Crippen LogP contribution < -0.4 is 9.62 Å². The van der Waals surface area contributed by atoms with Gasteiger partial charge in [-0.3, -0.25) is 9.10 Å². The first-order valence-corrected chi connectivity index (χ1v) is 11.1. The van der Waals surface area contributed by atoms with Crippen LogP contribution in [0.25, 0.3) is 0 Å². The highest BCUT2D eigenvalue weighted by Gasteiger charge is 2.27. The highest BCUT2D eigenvalue weighted by Crippen LogP contribution is 2.30. The van der Waals surface area contributed by atoms with Gasteiger partial charge in [-0.2, -0.15) is 0 Å². The summed E-state index contributed by atoms with van der Waals surface area (Å²) in [5, 5.41) is 4.65. The van der Waals surface area contributed by atoms with Gasteiger partial charge in [0, 0.05) is 11.4 Å². The first-order chi connectivity index (χ1) is 12.8. The van der Waals surface area contributed by atoms with Gasteiger partial charge in [0.2, 0.25) is 10.0 Å². The minimum absolute atomic E-state index is 0.294. The molecule has 1 aliphatic heterocycles. The molecule has 2 heterocycles. The van der Waals surface area contributed by atoms with E-state index in [4.69, 9.17) is 4.74 Å². The van der Waals surface area contributed by atoms with Gasteiger partial charge in [0.15, 0.2) is 6.10 Å². The first-order valence-electron chi connectivity index (χ1n) is 8.37. The maximum Gasteiger partial charge on any atom is 0.338 e. The molecule has 0 saturated carbocycles. The summed E-state index contributed by atoms with van der Waals surface area (Å²) in [5.41, 5.74) is 1.64. The van der Waals surface area contributed by atoms with Crippen molar-refractivity contribution in [1.29, 1.82) is 0 Å². The number of ether oxygens (including phenoxy) is 1. The van der Waals surface area contributed by atoms with Gasteiger partial charge in [-0.1, -0.05) is 6.07 Å². The molecule has 1 aromatic heterocycles. The number of sulfonamides is 1. The number of thiophene rings is 1. The summed E-state index contributed by atoms with van der Waals surface area (Å²) in [5.74, 6) is -0.990. The van der Waals surface area contributed by atoms with Crippen LogP contribution in [0.5, 0.6) is 0 Å². The van der Waals surface area contributed by atoms with Crippen molar-refractivity contribution in [3.05, 3.63) is 51.7 Å². The molecule has 1 unspecified atom stereocenters. The molecule has 0 saturated heterocycles. The summed E-state index contributed by atoms with van der Waals surface area (Å²) in [4.78, 5) is 25.4. The molecular weight excluding hydrogens is 388 g/mol. The molecular formula is C18H20N2O5S2. The summed E-state index contributed by atoms with van der Waals surface area (Å²) in [7, 11) is -3.34. The third-order valence-electron chi connectivity index (χ3n) is 4.24. The Kier molecular flexibility index (Phi) is 5.52. The van der Waals surface area contributed by atoms with Gasteiger partial charge in [0.05, 0.1) is 24.1 Å². The number of nitrogens with zero attached hydrogens (tertiary/aromatic N) is 1. The van der Waals surface area contributed by atoms with E-state index >= 15 is 0 Å². The second-order valence-electron chi connectivity index (χ2n) is 6.27. The van der Waals surface area contributed by atoms with Crippen molar-refractivity contribution in [3.8, 4) is 0 Å². The molecule has 9 heteroatoms. The lowest BCUT2D eigenvalue weighted by Crippen LogP contribution is -2.35. The van der Waals surface area contributed by atoms with Crippen molar-refractivity contribution in [3.63, 3.8) is 0 Å². The number of nitrogens with one attached hydrogen (secondary N) is 1. The Balaban J connectivity index is 1.62. The van der Waals surface area contributed by atoms with E-state index in [1.54, 1.807) is 12.1 Å². The van der Waals surface area contributed by atoms with Gasteiger partial charge in [-0.15, -0.1) is 11.3 Å². The van der Waals surface area contributed by atoms with Crippen LogP contribution in [-0.2, 0) is 32.5 Å². The Morgan fingerprint density at radius 1 is 1.33 bits per heavy atom. The minimum Gasteiger partial charge on any atom is -0.449 e. The Hall–Kier alpha value is -2.39. The lowest BCUT2D eigenvalue weighted by atomic mass is 10.1. The second-order valence-corrected chi connectivity index (χ2v) is 9.21. The predicted molar refractivity (Wildman–Crippen MR) is 103 cm³/mol. The van der Waals surface area contributed by atoms with E-state index in [1.807, 2.05) is 17.5 Å². The van der Waals surface area contributed by atoms with Gasteiger partial charge in [-0.25, -0.2) is 13.2 Å². The fraction of sp³-hybridized carbons (Fsp3) is 0.333. The summed E-state index contributed by atoms with van der Waals surface area (Å²) >= 11 is 1.53. The van der Waals surface area contributed by atoms with Crippen molar-refractivity contribution in [2.24, 2.45) is 0 Å². The molecule has 1 N–H and O–H groups in total. The number of amides is 1. The summed E-state index contributed by atoms with van der Waals surface area (Å²) < 4.78 is 30.1. The van der Waals surface area contributed by atoms with Crippen LogP contribution in [0.3, 0.4) is 0 Å².